The maximum absolute atomic E-state index is 11.9. The van der Waals surface area contributed by atoms with Gasteiger partial charge in [-0.2, -0.15) is 5.26 Å². The van der Waals surface area contributed by atoms with E-state index in [1.165, 1.54) is 12.1 Å². The SMILES string of the molecule is N#Cc1ccc(NC(=O)CC2COCCN2)c([N+](=O)[O-])c1. The lowest BCUT2D eigenvalue weighted by Gasteiger charge is -2.23. The molecule has 1 saturated heterocycles. The quantitative estimate of drug-likeness (QED) is 0.625. The lowest BCUT2D eigenvalue weighted by Crippen LogP contribution is -2.43. The molecule has 1 aliphatic rings. The van der Waals surface area contributed by atoms with Gasteiger partial charge in [0.2, 0.25) is 5.91 Å². The maximum atomic E-state index is 11.9. The first-order valence-corrected chi connectivity index (χ1v) is 6.39. The van der Waals surface area contributed by atoms with E-state index >= 15 is 0 Å². The summed E-state index contributed by atoms with van der Waals surface area (Å²) >= 11 is 0. The number of nitrogens with zero attached hydrogens (tertiary/aromatic N) is 2. The second-order valence-corrected chi connectivity index (χ2v) is 4.58. The summed E-state index contributed by atoms with van der Waals surface area (Å²) < 4.78 is 5.24. The van der Waals surface area contributed by atoms with Crippen LogP contribution < -0.4 is 10.6 Å². The lowest BCUT2D eigenvalue weighted by molar-refractivity contribution is -0.383. The van der Waals surface area contributed by atoms with Gasteiger partial charge in [-0.15, -0.1) is 0 Å². The molecule has 1 amide bonds. The fourth-order valence-electron chi connectivity index (χ4n) is 2.03. The number of nitriles is 1. The van der Waals surface area contributed by atoms with Crippen LogP contribution in [0.4, 0.5) is 11.4 Å². The average Bonchev–Trinajstić information content (AvgIpc) is 2.48. The first-order chi connectivity index (χ1) is 10.1. The minimum Gasteiger partial charge on any atom is -0.378 e. The molecule has 0 bridgehead atoms. The summed E-state index contributed by atoms with van der Waals surface area (Å²) in [7, 11) is 0. The van der Waals surface area contributed by atoms with E-state index in [4.69, 9.17) is 10.00 Å². The molecule has 0 aromatic heterocycles. The van der Waals surface area contributed by atoms with Crippen LogP contribution in [0.1, 0.15) is 12.0 Å². The van der Waals surface area contributed by atoms with Crippen molar-refractivity contribution in [1.29, 1.82) is 5.26 Å². The smallest absolute Gasteiger partial charge is 0.294 e. The molecule has 1 fully saturated rings. The van der Waals surface area contributed by atoms with Crippen LogP contribution >= 0.6 is 0 Å². The molecule has 1 atom stereocenters. The van der Waals surface area contributed by atoms with Crippen LogP contribution in [-0.2, 0) is 9.53 Å². The van der Waals surface area contributed by atoms with Gasteiger partial charge in [-0.05, 0) is 12.1 Å². The van der Waals surface area contributed by atoms with E-state index in [1.807, 2.05) is 6.07 Å². The van der Waals surface area contributed by atoms with Crippen molar-refractivity contribution in [1.82, 2.24) is 5.32 Å². The molecule has 1 unspecified atom stereocenters. The first kappa shape index (κ1) is 14.9. The maximum Gasteiger partial charge on any atom is 0.294 e. The monoisotopic (exact) mass is 290 g/mol. The number of morpholine rings is 1. The number of benzene rings is 1. The molecule has 1 heterocycles. The highest BCUT2D eigenvalue weighted by Gasteiger charge is 2.20. The van der Waals surface area contributed by atoms with Gasteiger partial charge in [0, 0.05) is 25.1 Å². The molecule has 1 aromatic rings. The Balaban J connectivity index is 2.06. The zero-order valence-electron chi connectivity index (χ0n) is 11.2. The third-order valence-electron chi connectivity index (χ3n) is 3.03. The Morgan fingerprint density at radius 3 is 3.05 bits per heavy atom. The van der Waals surface area contributed by atoms with Crippen LogP contribution in [0.15, 0.2) is 18.2 Å². The van der Waals surface area contributed by atoms with E-state index in [0.29, 0.717) is 19.8 Å². The summed E-state index contributed by atoms with van der Waals surface area (Å²) in [6.07, 6.45) is 0.164. The number of carbonyl (C=O) groups is 1. The van der Waals surface area contributed by atoms with Gasteiger partial charge < -0.3 is 15.4 Å². The molecule has 0 saturated carbocycles. The molecule has 0 radical (unpaired) electrons. The van der Waals surface area contributed by atoms with Crippen LogP contribution in [-0.4, -0.2) is 36.6 Å². The summed E-state index contributed by atoms with van der Waals surface area (Å²) in [6.45, 7) is 1.72. The van der Waals surface area contributed by atoms with Gasteiger partial charge in [-0.1, -0.05) is 0 Å². The topological polar surface area (TPSA) is 117 Å². The molecule has 2 rings (SSSR count). The normalized spacial score (nSPS) is 17.8. The predicted octanol–water partition coefficient (Wildman–Crippen LogP) is 0.783. The fourth-order valence-corrected chi connectivity index (χ4v) is 2.03. The largest absolute Gasteiger partial charge is 0.378 e. The van der Waals surface area contributed by atoms with E-state index in [-0.39, 0.29) is 35.3 Å². The molecule has 1 aromatic carbocycles. The number of hydrogen-bond acceptors (Lipinski definition) is 6. The molecule has 8 nitrogen and oxygen atoms in total. The van der Waals surface area contributed by atoms with Gasteiger partial charge in [0.15, 0.2) is 0 Å². The van der Waals surface area contributed by atoms with Gasteiger partial charge in [0.05, 0.1) is 29.8 Å². The highest BCUT2D eigenvalue weighted by atomic mass is 16.6. The second kappa shape index (κ2) is 6.78. The molecule has 0 aliphatic carbocycles. The molecule has 21 heavy (non-hydrogen) atoms. The standard InChI is InChI=1S/C13H14N4O4/c14-7-9-1-2-11(12(5-9)17(19)20)16-13(18)6-10-8-21-4-3-15-10/h1-2,5,10,15H,3-4,6,8H2,(H,16,18). The summed E-state index contributed by atoms with van der Waals surface area (Å²) in [5.74, 6) is -0.342. The van der Waals surface area contributed by atoms with Gasteiger partial charge in [0.1, 0.15) is 5.69 Å². The molecular weight excluding hydrogens is 276 g/mol. The van der Waals surface area contributed by atoms with Crippen molar-refractivity contribution in [3.05, 3.63) is 33.9 Å². The zero-order chi connectivity index (χ0) is 15.2. The number of rotatable bonds is 4. The fraction of sp³-hybridized carbons (Fsp3) is 0.385. The van der Waals surface area contributed by atoms with Crippen LogP contribution in [0.2, 0.25) is 0 Å². The van der Waals surface area contributed by atoms with Crippen molar-refractivity contribution in [3.63, 3.8) is 0 Å². The molecular formula is C13H14N4O4. The van der Waals surface area contributed by atoms with Gasteiger partial charge in [-0.3, -0.25) is 14.9 Å². The number of nitro groups is 1. The minimum absolute atomic E-state index is 0.0840. The van der Waals surface area contributed by atoms with E-state index in [9.17, 15) is 14.9 Å². The molecule has 2 N–H and O–H groups in total. The van der Waals surface area contributed by atoms with Crippen LogP contribution in [0.3, 0.4) is 0 Å². The van der Waals surface area contributed by atoms with Crippen LogP contribution in [0.25, 0.3) is 0 Å². The Morgan fingerprint density at radius 2 is 2.43 bits per heavy atom. The van der Waals surface area contributed by atoms with Crippen molar-refractivity contribution in [2.75, 3.05) is 25.1 Å². The predicted molar refractivity (Wildman–Crippen MR) is 73.7 cm³/mol. The Hall–Kier alpha value is -2.50. The van der Waals surface area contributed by atoms with E-state index in [2.05, 4.69) is 10.6 Å². The van der Waals surface area contributed by atoms with Crippen molar-refractivity contribution in [2.45, 2.75) is 12.5 Å². The number of hydrogen-bond donors (Lipinski definition) is 2. The number of anilines is 1. The van der Waals surface area contributed by atoms with Crippen molar-refractivity contribution in [2.24, 2.45) is 0 Å². The Kier molecular flexibility index (Phi) is 4.81. The van der Waals surface area contributed by atoms with Gasteiger partial charge >= 0.3 is 0 Å². The van der Waals surface area contributed by atoms with Crippen LogP contribution in [0, 0.1) is 21.4 Å². The van der Waals surface area contributed by atoms with Crippen LogP contribution in [0.5, 0.6) is 0 Å². The molecule has 8 heteroatoms. The highest BCUT2D eigenvalue weighted by molar-refractivity contribution is 5.93. The minimum atomic E-state index is -0.627. The molecule has 0 spiro atoms. The lowest BCUT2D eigenvalue weighted by atomic mass is 10.1. The summed E-state index contributed by atoms with van der Waals surface area (Å²) in [6, 6.07) is 5.64. The number of nitro benzene ring substituents is 1. The first-order valence-electron chi connectivity index (χ1n) is 6.39. The average molecular weight is 290 g/mol. The summed E-state index contributed by atoms with van der Waals surface area (Å²) in [4.78, 5) is 22.3. The zero-order valence-corrected chi connectivity index (χ0v) is 11.2. The number of ether oxygens (including phenoxy) is 1. The third-order valence-corrected chi connectivity index (χ3v) is 3.03. The molecule has 110 valence electrons. The van der Waals surface area contributed by atoms with Crippen molar-refractivity contribution >= 4 is 17.3 Å². The van der Waals surface area contributed by atoms with E-state index in [1.54, 1.807) is 0 Å². The Morgan fingerprint density at radius 1 is 1.62 bits per heavy atom. The summed E-state index contributed by atoms with van der Waals surface area (Å²) in [5.41, 5.74) is -0.0435. The number of carbonyl (C=O) groups excluding carboxylic acids is 1. The second-order valence-electron chi connectivity index (χ2n) is 4.58. The summed E-state index contributed by atoms with van der Waals surface area (Å²) in [5, 5.41) is 25.4. The highest BCUT2D eigenvalue weighted by Crippen LogP contribution is 2.25. The molecule has 1 aliphatic heterocycles. The van der Waals surface area contributed by atoms with Crippen molar-refractivity contribution < 1.29 is 14.5 Å². The third kappa shape index (κ3) is 3.98. The van der Waals surface area contributed by atoms with E-state index < -0.39 is 4.92 Å². The number of nitrogens with one attached hydrogen (secondary N) is 2. The Bertz CT molecular complexity index is 590. The van der Waals surface area contributed by atoms with E-state index in [0.717, 1.165) is 6.07 Å². The van der Waals surface area contributed by atoms with Gasteiger partial charge in [0.25, 0.3) is 5.69 Å². The number of amides is 1. The van der Waals surface area contributed by atoms with Gasteiger partial charge in [-0.25, -0.2) is 0 Å². The Labute approximate surface area is 120 Å². The van der Waals surface area contributed by atoms with Crippen molar-refractivity contribution in [3.8, 4) is 6.07 Å².